The summed E-state index contributed by atoms with van der Waals surface area (Å²) in [5, 5.41) is 0. The molecule has 24 heavy (non-hydrogen) atoms. The summed E-state index contributed by atoms with van der Waals surface area (Å²) in [6.07, 6.45) is 2.58. The Bertz CT molecular complexity index is 815. The first-order valence-corrected chi connectivity index (χ1v) is 9.91. The van der Waals surface area contributed by atoms with E-state index in [1.54, 1.807) is 18.2 Å². The largest absolute Gasteiger partial charge is 0.440 e. The van der Waals surface area contributed by atoms with Gasteiger partial charge in [-0.3, -0.25) is 4.72 Å². The molecule has 0 radical (unpaired) electrons. The van der Waals surface area contributed by atoms with Crippen LogP contribution in [-0.4, -0.2) is 31.9 Å². The molecule has 0 aliphatic carbocycles. The normalized spacial score (nSPS) is 19.5. The third-order valence-corrected chi connectivity index (χ3v) is 5.34. The van der Waals surface area contributed by atoms with Gasteiger partial charge in [0.2, 0.25) is 15.9 Å². The second-order valence-corrected chi connectivity index (χ2v) is 9.09. The summed E-state index contributed by atoms with van der Waals surface area (Å²) >= 11 is 0. The number of ether oxygens (including phenoxy) is 1. The van der Waals surface area contributed by atoms with Gasteiger partial charge in [0, 0.05) is 12.0 Å². The highest BCUT2D eigenvalue weighted by molar-refractivity contribution is 7.92. The third-order valence-electron chi connectivity index (χ3n) is 3.98. The van der Waals surface area contributed by atoms with Crippen LogP contribution in [0.4, 0.5) is 5.69 Å². The Kier molecular flexibility index (Phi) is 4.57. The molecule has 1 aromatic carbocycles. The van der Waals surface area contributed by atoms with E-state index in [4.69, 9.17) is 9.15 Å². The third kappa shape index (κ3) is 4.08. The lowest BCUT2D eigenvalue weighted by molar-refractivity contribution is 0.0306. The van der Waals surface area contributed by atoms with Crippen LogP contribution in [0.25, 0.3) is 11.1 Å². The average molecular weight is 352 g/mol. The summed E-state index contributed by atoms with van der Waals surface area (Å²) in [6, 6.07) is 5.14. The molecular weight excluding hydrogens is 328 g/mol. The SMILES string of the molecule is CC(C)(C)c1nc2cc(NS(=O)(=O)CC3CCCCO3)ccc2o1. The van der Waals surface area contributed by atoms with Crippen molar-refractivity contribution in [2.24, 2.45) is 0 Å². The maximum Gasteiger partial charge on any atom is 0.235 e. The Morgan fingerprint density at radius 2 is 2.08 bits per heavy atom. The molecule has 1 aromatic heterocycles. The molecule has 1 atom stereocenters. The van der Waals surface area contributed by atoms with Crippen LogP contribution in [-0.2, 0) is 20.2 Å². The summed E-state index contributed by atoms with van der Waals surface area (Å²) in [5.41, 5.74) is 1.59. The standard InChI is InChI=1S/C17H24N2O4S/c1-17(2,3)16-18-14-10-12(7-8-15(14)23-16)19-24(20,21)11-13-6-4-5-9-22-13/h7-8,10,13,19H,4-6,9,11H2,1-3H3. The number of anilines is 1. The van der Waals surface area contributed by atoms with Gasteiger partial charge in [-0.15, -0.1) is 0 Å². The molecule has 132 valence electrons. The van der Waals surface area contributed by atoms with E-state index in [2.05, 4.69) is 9.71 Å². The topological polar surface area (TPSA) is 81.4 Å². The highest BCUT2D eigenvalue weighted by atomic mass is 32.2. The van der Waals surface area contributed by atoms with Gasteiger partial charge in [0.15, 0.2) is 5.58 Å². The monoisotopic (exact) mass is 352 g/mol. The Morgan fingerprint density at radius 1 is 1.29 bits per heavy atom. The van der Waals surface area contributed by atoms with Crippen LogP contribution in [0.2, 0.25) is 0 Å². The van der Waals surface area contributed by atoms with Crippen molar-refractivity contribution in [1.82, 2.24) is 4.98 Å². The molecule has 2 heterocycles. The fourth-order valence-electron chi connectivity index (χ4n) is 2.72. The van der Waals surface area contributed by atoms with E-state index in [0.717, 1.165) is 19.3 Å². The minimum absolute atomic E-state index is 0.0168. The fraction of sp³-hybridized carbons (Fsp3) is 0.588. The number of oxazole rings is 1. The second-order valence-electron chi connectivity index (χ2n) is 7.32. The number of hydrogen-bond donors (Lipinski definition) is 1. The first-order chi connectivity index (χ1) is 11.2. The van der Waals surface area contributed by atoms with Gasteiger partial charge in [-0.1, -0.05) is 20.8 Å². The molecule has 1 fully saturated rings. The summed E-state index contributed by atoms with van der Waals surface area (Å²) in [7, 11) is -3.46. The number of rotatable bonds is 4. The predicted octanol–water partition coefficient (Wildman–Crippen LogP) is 3.44. The zero-order chi connectivity index (χ0) is 17.4. The van der Waals surface area contributed by atoms with Crippen LogP contribution >= 0.6 is 0 Å². The van der Waals surface area contributed by atoms with Crippen molar-refractivity contribution >= 4 is 26.8 Å². The van der Waals surface area contributed by atoms with Gasteiger partial charge in [0.25, 0.3) is 0 Å². The van der Waals surface area contributed by atoms with Gasteiger partial charge in [-0.05, 0) is 37.5 Å². The lowest BCUT2D eigenvalue weighted by Crippen LogP contribution is -2.30. The molecule has 1 aliphatic rings. The van der Waals surface area contributed by atoms with Gasteiger partial charge in [-0.25, -0.2) is 13.4 Å². The molecule has 2 aromatic rings. The molecular formula is C17H24N2O4S. The Labute approximate surface area is 142 Å². The molecule has 0 bridgehead atoms. The lowest BCUT2D eigenvalue weighted by atomic mass is 9.97. The number of hydrogen-bond acceptors (Lipinski definition) is 5. The van der Waals surface area contributed by atoms with Crippen molar-refractivity contribution in [2.75, 3.05) is 17.1 Å². The maximum absolute atomic E-state index is 12.3. The van der Waals surface area contributed by atoms with Gasteiger partial charge in [-0.2, -0.15) is 0 Å². The number of aromatic nitrogens is 1. The van der Waals surface area contributed by atoms with Crippen LogP contribution in [0.1, 0.15) is 45.9 Å². The van der Waals surface area contributed by atoms with Crippen molar-refractivity contribution in [3.63, 3.8) is 0 Å². The molecule has 1 N–H and O–H groups in total. The van der Waals surface area contributed by atoms with E-state index in [-0.39, 0.29) is 17.3 Å². The first-order valence-electron chi connectivity index (χ1n) is 8.26. The van der Waals surface area contributed by atoms with Gasteiger partial charge >= 0.3 is 0 Å². The molecule has 3 rings (SSSR count). The highest BCUT2D eigenvalue weighted by Gasteiger charge is 2.23. The van der Waals surface area contributed by atoms with Gasteiger partial charge < -0.3 is 9.15 Å². The smallest absolute Gasteiger partial charge is 0.235 e. The minimum atomic E-state index is -3.46. The van der Waals surface area contributed by atoms with Gasteiger partial charge in [0.1, 0.15) is 5.52 Å². The summed E-state index contributed by atoms with van der Waals surface area (Å²) < 4.78 is 38.5. The zero-order valence-electron chi connectivity index (χ0n) is 14.3. The molecule has 7 heteroatoms. The quantitative estimate of drug-likeness (QED) is 0.911. The second kappa shape index (κ2) is 6.37. The van der Waals surface area contributed by atoms with Crippen molar-refractivity contribution in [2.45, 2.75) is 51.6 Å². The van der Waals surface area contributed by atoms with E-state index < -0.39 is 10.0 Å². The lowest BCUT2D eigenvalue weighted by Gasteiger charge is -2.22. The van der Waals surface area contributed by atoms with Crippen LogP contribution in [0.15, 0.2) is 22.6 Å². The molecule has 1 saturated heterocycles. The molecule has 0 amide bonds. The van der Waals surface area contributed by atoms with Crippen molar-refractivity contribution in [1.29, 1.82) is 0 Å². The fourth-order valence-corrected chi connectivity index (χ4v) is 4.04. The maximum atomic E-state index is 12.3. The molecule has 0 saturated carbocycles. The zero-order valence-corrected chi connectivity index (χ0v) is 15.1. The van der Waals surface area contributed by atoms with Crippen LogP contribution in [0.5, 0.6) is 0 Å². The van der Waals surface area contributed by atoms with E-state index in [1.165, 1.54) is 0 Å². The number of benzene rings is 1. The van der Waals surface area contributed by atoms with E-state index in [9.17, 15) is 8.42 Å². The van der Waals surface area contributed by atoms with Crippen molar-refractivity contribution in [3.05, 3.63) is 24.1 Å². The van der Waals surface area contributed by atoms with E-state index >= 15 is 0 Å². The Morgan fingerprint density at radius 3 is 2.75 bits per heavy atom. The number of fused-ring (bicyclic) bond motifs is 1. The van der Waals surface area contributed by atoms with Crippen molar-refractivity contribution < 1.29 is 17.6 Å². The highest BCUT2D eigenvalue weighted by Crippen LogP contribution is 2.27. The van der Waals surface area contributed by atoms with Crippen LogP contribution in [0, 0.1) is 0 Å². The predicted molar refractivity (Wildman–Crippen MR) is 93.7 cm³/mol. The minimum Gasteiger partial charge on any atom is -0.440 e. The number of sulfonamides is 1. The summed E-state index contributed by atoms with van der Waals surface area (Å²) in [5.74, 6) is 0.616. The average Bonchev–Trinajstić information content (AvgIpc) is 2.90. The Hall–Kier alpha value is -1.60. The summed E-state index contributed by atoms with van der Waals surface area (Å²) in [6.45, 7) is 6.70. The molecule has 1 unspecified atom stereocenters. The van der Waals surface area contributed by atoms with Crippen molar-refractivity contribution in [3.8, 4) is 0 Å². The molecule has 6 nitrogen and oxygen atoms in total. The first kappa shape index (κ1) is 17.2. The summed E-state index contributed by atoms with van der Waals surface area (Å²) in [4.78, 5) is 4.46. The van der Waals surface area contributed by atoms with Gasteiger partial charge in [0.05, 0.1) is 17.5 Å². The number of nitrogens with zero attached hydrogens (tertiary/aromatic N) is 1. The van der Waals surface area contributed by atoms with Crippen LogP contribution < -0.4 is 4.72 Å². The van der Waals surface area contributed by atoms with Crippen LogP contribution in [0.3, 0.4) is 0 Å². The molecule has 0 spiro atoms. The Balaban J connectivity index is 1.76. The van der Waals surface area contributed by atoms with E-state index in [0.29, 0.717) is 29.3 Å². The molecule has 1 aliphatic heterocycles. The number of nitrogens with one attached hydrogen (secondary N) is 1. The van der Waals surface area contributed by atoms with E-state index in [1.807, 2.05) is 20.8 Å².